The molecular formula is C17H16ClN3O3. The number of benzene rings is 1. The summed E-state index contributed by atoms with van der Waals surface area (Å²) in [6, 6.07) is 10.4. The van der Waals surface area contributed by atoms with Crippen LogP contribution in [0.3, 0.4) is 0 Å². The van der Waals surface area contributed by atoms with Crippen LogP contribution in [0, 0.1) is 5.41 Å². The Balaban J connectivity index is 1.82. The second kappa shape index (κ2) is 6.13. The molecule has 3 rings (SSSR count). The normalized spacial score (nSPS) is 16.2. The van der Waals surface area contributed by atoms with Gasteiger partial charge in [-0.05, 0) is 37.6 Å². The number of amidine groups is 1. The van der Waals surface area contributed by atoms with E-state index in [1.165, 1.54) is 11.3 Å². The van der Waals surface area contributed by atoms with Crippen molar-refractivity contribution < 1.29 is 14.0 Å². The van der Waals surface area contributed by atoms with E-state index in [0.29, 0.717) is 5.02 Å². The second-order valence-corrected chi connectivity index (χ2v) is 6.37. The second-order valence-electron chi connectivity index (χ2n) is 5.96. The highest BCUT2D eigenvalue weighted by Crippen LogP contribution is 2.29. The lowest BCUT2D eigenvalue weighted by Gasteiger charge is -2.19. The summed E-state index contributed by atoms with van der Waals surface area (Å²) in [4.78, 5) is 24.8. The molecule has 0 saturated carbocycles. The molecule has 1 aromatic carbocycles. The van der Waals surface area contributed by atoms with E-state index < -0.39 is 11.3 Å². The summed E-state index contributed by atoms with van der Waals surface area (Å²) in [5.41, 5.74) is -0.158. The molecule has 1 aliphatic rings. The fraction of sp³-hybridized carbons (Fsp3) is 0.235. The molecule has 6 nitrogen and oxygen atoms in total. The zero-order valence-electron chi connectivity index (χ0n) is 13.2. The number of carbonyl (C=O) groups is 2. The molecule has 124 valence electrons. The van der Waals surface area contributed by atoms with Gasteiger partial charge in [0.25, 0.3) is 11.8 Å². The summed E-state index contributed by atoms with van der Waals surface area (Å²) in [6.07, 6.45) is 1.41. The topological polar surface area (TPSA) is 74.9 Å². The van der Waals surface area contributed by atoms with Gasteiger partial charge in [0.1, 0.15) is 11.3 Å². The number of halogens is 1. The van der Waals surface area contributed by atoms with E-state index in [4.69, 9.17) is 16.0 Å². The molecule has 7 heteroatoms. The first-order valence-electron chi connectivity index (χ1n) is 7.39. The molecule has 1 aromatic heterocycles. The molecule has 24 heavy (non-hydrogen) atoms. The van der Waals surface area contributed by atoms with Crippen LogP contribution in [0.15, 0.2) is 52.2 Å². The van der Waals surface area contributed by atoms with Crippen LogP contribution in [-0.4, -0.2) is 22.7 Å². The minimum absolute atomic E-state index is 0.158. The minimum Gasteiger partial charge on any atom is -0.459 e. The van der Waals surface area contributed by atoms with E-state index in [1.54, 1.807) is 32.0 Å². The monoisotopic (exact) mass is 345 g/mol. The van der Waals surface area contributed by atoms with Crippen molar-refractivity contribution in [3.05, 3.63) is 59.0 Å². The highest BCUT2D eigenvalue weighted by atomic mass is 35.5. The number of nitrogens with zero attached hydrogens (tertiary/aromatic N) is 2. The molecule has 1 N–H and O–H groups in total. The maximum Gasteiger partial charge on any atom is 0.292 e. The number of rotatable bonds is 3. The third kappa shape index (κ3) is 2.92. The average molecular weight is 346 g/mol. The van der Waals surface area contributed by atoms with E-state index >= 15 is 0 Å². The van der Waals surface area contributed by atoms with Crippen LogP contribution >= 0.6 is 11.6 Å². The standard InChI is InChI=1S/C17H16ClN3O3/c1-17(2)15(19-14(22)13-8-5-9-24-13)20-21(16(17)23)10-11-6-3-4-7-12(11)18/h3-9H,10H2,1-2H3,(H,19,20,22). The van der Waals surface area contributed by atoms with Crippen molar-refractivity contribution in [2.24, 2.45) is 10.5 Å². The molecule has 0 radical (unpaired) electrons. The first kappa shape index (κ1) is 16.3. The summed E-state index contributed by atoms with van der Waals surface area (Å²) < 4.78 is 5.06. The Kier molecular flexibility index (Phi) is 4.15. The zero-order chi connectivity index (χ0) is 17.3. The number of furan rings is 1. The summed E-state index contributed by atoms with van der Waals surface area (Å²) in [6.45, 7) is 3.66. The minimum atomic E-state index is -0.941. The Morgan fingerprint density at radius 1 is 1.29 bits per heavy atom. The third-order valence-electron chi connectivity index (χ3n) is 3.84. The van der Waals surface area contributed by atoms with Crippen molar-refractivity contribution in [1.82, 2.24) is 10.3 Å². The number of amides is 2. The molecular weight excluding hydrogens is 330 g/mol. The largest absolute Gasteiger partial charge is 0.459 e. The van der Waals surface area contributed by atoms with Crippen LogP contribution in [0.2, 0.25) is 5.02 Å². The molecule has 0 fully saturated rings. The molecule has 0 aliphatic carbocycles. The Morgan fingerprint density at radius 3 is 2.71 bits per heavy atom. The van der Waals surface area contributed by atoms with Gasteiger partial charge in [-0.3, -0.25) is 9.59 Å². The van der Waals surface area contributed by atoms with Gasteiger partial charge in [-0.1, -0.05) is 29.8 Å². The lowest BCUT2D eigenvalue weighted by atomic mass is 9.91. The maximum absolute atomic E-state index is 12.6. The van der Waals surface area contributed by atoms with Crippen LogP contribution in [0.4, 0.5) is 0 Å². The van der Waals surface area contributed by atoms with Crippen LogP contribution < -0.4 is 5.32 Å². The van der Waals surface area contributed by atoms with Gasteiger partial charge in [-0.15, -0.1) is 0 Å². The quantitative estimate of drug-likeness (QED) is 0.929. The van der Waals surface area contributed by atoms with Crippen molar-refractivity contribution in [3.8, 4) is 0 Å². The number of hydrogen-bond donors (Lipinski definition) is 1. The summed E-state index contributed by atoms with van der Waals surface area (Å²) >= 11 is 6.14. The lowest BCUT2D eigenvalue weighted by Crippen LogP contribution is -2.42. The van der Waals surface area contributed by atoms with E-state index in [0.717, 1.165) is 5.56 Å². The van der Waals surface area contributed by atoms with Gasteiger partial charge in [0.2, 0.25) is 0 Å². The van der Waals surface area contributed by atoms with Gasteiger partial charge in [-0.25, -0.2) is 5.01 Å². The van der Waals surface area contributed by atoms with E-state index in [-0.39, 0.29) is 24.0 Å². The maximum atomic E-state index is 12.6. The van der Waals surface area contributed by atoms with E-state index in [1.807, 2.05) is 18.2 Å². The van der Waals surface area contributed by atoms with Crippen LogP contribution in [0.1, 0.15) is 30.0 Å². The highest BCUT2D eigenvalue weighted by molar-refractivity contribution is 6.31. The van der Waals surface area contributed by atoms with Crippen molar-refractivity contribution in [2.45, 2.75) is 20.4 Å². The number of nitrogens with one attached hydrogen (secondary N) is 1. The zero-order valence-corrected chi connectivity index (χ0v) is 14.0. The van der Waals surface area contributed by atoms with Gasteiger partial charge >= 0.3 is 0 Å². The fourth-order valence-electron chi connectivity index (χ4n) is 2.37. The first-order valence-corrected chi connectivity index (χ1v) is 7.76. The third-order valence-corrected chi connectivity index (χ3v) is 4.21. The first-order chi connectivity index (χ1) is 11.4. The molecule has 0 bridgehead atoms. The van der Waals surface area contributed by atoms with Gasteiger partial charge in [0, 0.05) is 5.02 Å². The predicted octanol–water partition coefficient (Wildman–Crippen LogP) is 3.04. The number of carbonyl (C=O) groups excluding carboxylic acids is 2. The molecule has 0 spiro atoms. The SMILES string of the molecule is CC1(C)C(=O)N(Cc2ccccc2Cl)N=C1NC(=O)c1ccco1. The Labute approximate surface area is 144 Å². The van der Waals surface area contributed by atoms with Crippen LogP contribution in [-0.2, 0) is 11.3 Å². The molecule has 1 aliphatic heterocycles. The van der Waals surface area contributed by atoms with Gasteiger partial charge < -0.3 is 9.73 Å². The van der Waals surface area contributed by atoms with Crippen molar-refractivity contribution in [2.75, 3.05) is 0 Å². The molecule has 2 heterocycles. The van der Waals surface area contributed by atoms with Crippen LogP contribution in [0.25, 0.3) is 0 Å². The average Bonchev–Trinajstić information content (AvgIpc) is 3.14. The van der Waals surface area contributed by atoms with Crippen LogP contribution in [0.5, 0.6) is 0 Å². The summed E-state index contributed by atoms with van der Waals surface area (Å²) in [7, 11) is 0. The molecule has 2 amide bonds. The Bertz CT molecular complexity index is 812. The van der Waals surface area contributed by atoms with Gasteiger partial charge in [-0.2, -0.15) is 5.10 Å². The Hall–Kier alpha value is -2.60. The number of hydrazone groups is 1. The Morgan fingerprint density at radius 2 is 2.04 bits per heavy atom. The van der Waals surface area contributed by atoms with Gasteiger partial charge in [0.15, 0.2) is 5.76 Å². The van der Waals surface area contributed by atoms with Crippen molar-refractivity contribution >= 4 is 29.3 Å². The highest BCUT2D eigenvalue weighted by Gasteiger charge is 2.44. The van der Waals surface area contributed by atoms with E-state index in [2.05, 4.69) is 10.4 Å². The van der Waals surface area contributed by atoms with Gasteiger partial charge in [0.05, 0.1) is 12.8 Å². The van der Waals surface area contributed by atoms with E-state index in [9.17, 15) is 9.59 Å². The smallest absolute Gasteiger partial charge is 0.292 e. The molecule has 2 aromatic rings. The summed E-state index contributed by atoms with van der Waals surface area (Å²) in [5.74, 6) is -0.220. The lowest BCUT2D eigenvalue weighted by molar-refractivity contribution is -0.135. The van der Waals surface area contributed by atoms with Crippen molar-refractivity contribution in [3.63, 3.8) is 0 Å². The fourth-order valence-corrected chi connectivity index (χ4v) is 2.56. The molecule has 0 atom stereocenters. The van der Waals surface area contributed by atoms with Crippen molar-refractivity contribution in [1.29, 1.82) is 0 Å². The molecule has 0 unspecified atom stereocenters. The summed E-state index contributed by atoms with van der Waals surface area (Å²) in [5, 5.41) is 8.81. The predicted molar refractivity (Wildman–Crippen MR) is 89.4 cm³/mol. The number of hydrogen-bond acceptors (Lipinski definition) is 4. The molecule has 0 saturated heterocycles.